The highest BCUT2D eigenvalue weighted by atomic mass is 16.1. The minimum Gasteiger partial charge on any atom is -0.354 e. The number of nitrogens with one attached hydrogen (secondary N) is 1. The predicted octanol–water partition coefficient (Wildman–Crippen LogP) is 1.29. The van der Waals surface area contributed by atoms with E-state index in [0.717, 1.165) is 28.3 Å². The first-order valence-corrected chi connectivity index (χ1v) is 8.75. The lowest BCUT2D eigenvalue weighted by atomic mass is 10.1. The Bertz CT molecular complexity index is 773. The molecular formula is C18H26N6O. The Morgan fingerprint density at radius 3 is 2.52 bits per heavy atom. The quantitative estimate of drug-likeness (QED) is 0.824. The minimum absolute atomic E-state index is 0.0248. The average molecular weight is 342 g/mol. The summed E-state index contributed by atoms with van der Waals surface area (Å²) in [6, 6.07) is 1.99. The van der Waals surface area contributed by atoms with Gasteiger partial charge in [0, 0.05) is 35.2 Å². The highest BCUT2D eigenvalue weighted by Crippen LogP contribution is 2.31. The Morgan fingerprint density at radius 1 is 1.28 bits per heavy atom. The van der Waals surface area contributed by atoms with E-state index in [2.05, 4.69) is 20.4 Å². The summed E-state index contributed by atoms with van der Waals surface area (Å²) in [6.45, 7) is 8.25. The van der Waals surface area contributed by atoms with Crippen molar-refractivity contribution in [2.45, 2.75) is 53.0 Å². The highest BCUT2D eigenvalue weighted by Gasteiger charge is 2.28. The topological polar surface area (TPSA) is 98.7 Å². The molecule has 2 aromatic rings. The lowest BCUT2D eigenvalue weighted by Crippen LogP contribution is -2.39. The summed E-state index contributed by atoms with van der Waals surface area (Å²) in [6.07, 6.45) is 2.65. The summed E-state index contributed by atoms with van der Waals surface area (Å²) in [5.41, 5.74) is 10.5. The van der Waals surface area contributed by atoms with Crippen LogP contribution in [0.5, 0.6) is 0 Å². The van der Waals surface area contributed by atoms with Gasteiger partial charge in [-0.2, -0.15) is 5.10 Å². The normalized spacial score (nSPS) is 15.2. The average Bonchev–Trinajstić information content (AvgIpc) is 3.34. The van der Waals surface area contributed by atoms with Gasteiger partial charge in [0.2, 0.25) is 5.91 Å². The molecule has 0 bridgehead atoms. The number of nitrogens with zero attached hydrogens (tertiary/aromatic N) is 4. The zero-order valence-electron chi connectivity index (χ0n) is 15.3. The molecule has 2 heterocycles. The van der Waals surface area contributed by atoms with Crippen molar-refractivity contribution in [2.24, 2.45) is 11.7 Å². The van der Waals surface area contributed by atoms with E-state index in [0.29, 0.717) is 24.8 Å². The molecule has 3 rings (SSSR count). The molecule has 7 nitrogen and oxygen atoms in total. The summed E-state index contributed by atoms with van der Waals surface area (Å²) in [7, 11) is 0. The zero-order chi connectivity index (χ0) is 18.1. The Balaban J connectivity index is 1.73. The van der Waals surface area contributed by atoms with Gasteiger partial charge in [-0.25, -0.2) is 14.6 Å². The van der Waals surface area contributed by atoms with E-state index in [-0.39, 0.29) is 11.9 Å². The van der Waals surface area contributed by atoms with Crippen molar-refractivity contribution in [3.05, 3.63) is 34.4 Å². The number of hydrogen-bond donors (Lipinski definition) is 2. The van der Waals surface area contributed by atoms with Crippen molar-refractivity contribution in [1.82, 2.24) is 25.1 Å². The van der Waals surface area contributed by atoms with E-state index >= 15 is 0 Å². The van der Waals surface area contributed by atoms with Gasteiger partial charge in [0.1, 0.15) is 0 Å². The SMILES string of the molecule is Cc1cc(C)nc(-n2nc(C)c(CC(=O)NCC(N)C3CC3)c2C)n1. The second-order valence-corrected chi connectivity index (χ2v) is 6.99. The van der Waals surface area contributed by atoms with Gasteiger partial charge in [0.15, 0.2) is 0 Å². The number of carbonyl (C=O) groups excluding carboxylic acids is 1. The number of aryl methyl sites for hydroxylation is 3. The van der Waals surface area contributed by atoms with Crippen LogP contribution in [0.1, 0.15) is 41.2 Å². The molecule has 25 heavy (non-hydrogen) atoms. The van der Waals surface area contributed by atoms with Gasteiger partial charge >= 0.3 is 0 Å². The van der Waals surface area contributed by atoms with E-state index in [9.17, 15) is 4.79 Å². The van der Waals surface area contributed by atoms with E-state index in [1.807, 2.05) is 33.8 Å². The molecule has 134 valence electrons. The van der Waals surface area contributed by atoms with Crippen LogP contribution in [0.2, 0.25) is 0 Å². The lowest BCUT2D eigenvalue weighted by Gasteiger charge is -2.11. The first kappa shape index (κ1) is 17.5. The fourth-order valence-electron chi connectivity index (χ4n) is 3.07. The Hall–Kier alpha value is -2.28. The number of rotatable bonds is 6. The molecule has 0 aromatic carbocycles. The van der Waals surface area contributed by atoms with Crippen molar-refractivity contribution < 1.29 is 4.79 Å². The van der Waals surface area contributed by atoms with E-state index in [4.69, 9.17) is 5.73 Å². The van der Waals surface area contributed by atoms with Crippen molar-refractivity contribution in [1.29, 1.82) is 0 Å². The maximum absolute atomic E-state index is 12.3. The summed E-state index contributed by atoms with van der Waals surface area (Å²) in [4.78, 5) is 21.2. The third kappa shape index (κ3) is 4.04. The van der Waals surface area contributed by atoms with Gasteiger partial charge in [-0.05, 0) is 52.5 Å². The molecular weight excluding hydrogens is 316 g/mol. The van der Waals surface area contributed by atoms with Crippen molar-refractivity contribution in [3.63, 3.8) is 0 Å². The van der Waals surface area contributed by atoms with Crippen LogP contribution in [0.3, 0.4) is 0 Å². The molecule has 1 aliphatic carbocycles. The lowest BCUT2D eigenvalue weighted by molar-refractivity contribution is -0.120. The highest BCUT2D eigenvalue weighted by molar-refractivity contribution is 5.79. The van der Waals surface area contributed by atoms with Crippen molar-refractivity contribution in [3.8, 4) is 5.95 Å². The standard InChI is InChI=1S/C18H26N6O/c1-10-7-11(2)22-18(21-10)24-13(4)15(12(3)23-24)8-17(25)20-9-16(19)14-5-6-14/h7,14,16H,5-6,8-9,19H2,1-4H3,(H,20,25). The molecule has 0 saturated heterocycles. The van der Waals surface area contributed by atoms with Gasteiger partial charge < -0.3 is 11.1 Å². The third-order valence-electron chi connectivity index (χ3n) is 4.70. The van der Waals surface area contributed by atoms with Crippen molar-refractivity contribution >= 4 is 5.91 Å². The van der Waals surface area contributed by atoms with Crippen LogP contribution in [0.25, 0.3) is 5.95 Å². The van der Waals surface area contributed by atoms with Gasteiger partial charge in [-0.15, -0.1) is 0 Å². The fraction of sp³-hybridized carbons (Fsp3) is 0.556. The smallest absolute Gasteiger partial charge is 0.251 e. The van der Waals surface area contributed by atoms with Crippen LogP contribution in [0, 0.1) is 33.6 Å². The van der Waals surface area contributed by atoms with Crippen molar-refractivity contribution in [2.75, 3.05) is 6.54 Å². The zero-order valence-corrected chi connectivity index (χ0v) is 15.3. The summed E-state index contributed by atoms with van der Waals surface area (Å²) >= 11 is 0. The molecule has 1 atom stereocenters. The van der Waals surface area contributed by atoms with Crippen LogP contribution in [0.4, 0.5) is 0 Å². The number of hydrogen-bond acceptors (Lipinski definition) is 5. The first-order chi connectivity index (χ1) is 11.8. The molecule has 1 saturated carbocycles. The fourth-order valence-corrected chi connectivity index (χ4v) is 3.07. The van der Waals surface area contributed by atoms with Gasteiger partial charge in [0.05, 0.1) is 12.1 Å². The molecule has 3 N–H and O–H groups in total. The molecule has 1 amide bonds. The van der Waals surface area contributed by atoms with Gasteiger partial charge in [-0.3, -0.25) is 4.79 Å². The Labute approximate surface area is 148 Å². The van der Waals surface area contributed by atoms with E-state index in [1.165, 1.54) is 12.8 Å². The Morgan fingerprint density at radius 2 is 1.92 bits per heavy atom. The first-order valence-electron chi connectivity index (χ1n) is 8.75. The summed E-state index contributed by atoms with van der Waals surface area (Å²) < 4.78 is 1.72. The molecule has 1 aliphatic rings. The van der Waals surface area contributed by atoms with Crippen LogP contribution < -0.4 is 11.1 Å². The van der Waals surface area contributed by atoms with Crippen LogP contribution in [-0.4, -0.2) is 38.2 Å². The summed E-state index contributed by atoms with van der Waals surface area (Å²) in [5, 5.41) is 7.48. The molecule has 0 spiro atoms. The van der Waals surface area contributed by atoms with Gasteiger partial charge in [0.25, 0.3) is 5.95 Å². The number of aromatic nitrogens is 4. The van der Waals surface area contributed by atoms with E-state index in [1.54, 1.807) is 4.68 Å². The minimum atomic E-state index is -0.0248. The molecule has 1 unspecified atom stereocenters. The summed E-state index contributed by atoms with van der Waals surface area (Å²) in [5.74, 6) is 1.09. The maximum Gasteiger partial charge on any atom is 0.251 e. The molecule has 7 heteroatoms. The van der Waals surface area contributed by atoms with Gasteiger partial charge in [-0.1, -0.05) is 0 Å². The second-order valence-electron chi connectivity index (χ2n) is 6.99. The Kier molecular flexibility index (Phi) is 4.85. The predicted molar refractivity (Wildman–Crippen MR) is 95.5 cm³/mol. The van der Waals surface area contributed by atoms with Crippen LogP contribution >= 0.6 is 0 Å². The second kappa shape index (κ2) is 6.92. The van der Waals surface area contributed by atoms with Crippen LogP contribution in [0.15, 0.2) is 6.07 Å². The monoisotopic (exact) mass is 342 g/mol. The maximum atomic E-state index is 12.3. The molecule has 2 aromatic heterocycles. The number of nitrogens with two attached hydrogens (primary N) is 1. The molecule has 1 fully saturated rings. The van der Waals surface area contributed by atoms with Crippen LogP contribution in [-0.2, 0) is 11.2 Å². The molecule has 0 radical (unpaired) electrons. The molecule has 0 aliphatic heterocycles. The third-order valence-corrected chi connectivity index (χ3v) is 4.70. The number of amides is 1. The largest absolute Gasteiger partial charge is 0.354 e. The number of carbonyl (C=O) groups is 1. The van der Waals surface area contributed by atoms with E-state index < -0.39 is 0 Å².